The monoisotopic (exact) mass is 302 g/mol. The molecule has 108 valence electrons. The standard InChI is InChI=1S/C13H13F3N2OS/c1-17-5-11-10(6-19-2)18-13(20-11)7-3-8(14)12(16)9(15)4-7/h3-4,17H,5-6H2,1-2H3. The van der Waals surface area contributed by atoms with E-state index in [4.69, 9.17) is 4.74 Å². The van der Waals surface area contributed by atoms with Gasteiger partial charge in [-0.1, -0.05) is 0 Å². The van der Waals surface area contributed by atoms with E-state index in [0.29, 0.717) is 23.9 Å². The zero-order valence-electron chi connectivity index (χ0n) is 11.0. The molecule has 0 aliphatic rings. The third-order valence-corrected chi connectivity index (χ3v) is 3.77. The second-order valence-corrected chi connectivity index (χ2v) is 5.19. The molecule has 0 radical (unpaired) electrons. The summed E-state index contributed by atoms with van der Waals surface area (Å²) >= 11 is 1.29. The molecule has 0 unspecified atom stereocenters. The van der Waals surface area contributed by atoms with Crippen molar-refractivity contribution < 1.29 is 17.9 Å². The highest BCUT2D eigenvalue weighted by molar-refractivity contribution is 7.15. The van der Waals surface area contributed by atoms with Gasteiger partial charge in [0.1, 0.15) is 5.01 Å². The molecule has 0 spiro atoms. The summed E-state index contributed by atoms with van der Waals surface area (Å²) in [5.74, 6) is -3.92. The van der Waals surface area contributed by atoms with Crippen molar-refractivity contribution >= 4 is 11.3 Å². The summed E-state index contributed by atoms with van der Waals surface area (Å²) in [5.41, 5.74) is 0.915. The number of hydrogen-bond acceptors (Lipinski definition) is 4. The van der Waals surface area contributed by atoms with Gasteiger partial charge in [0, 0.05) is 24.1 Å². The first-order valence-corrected chi connectivity index (χ1v) is 6.65. The summed E-state index contributed by atoms with van der Waals surface area (Å²) in [7, 11) is 3.33. The Labute approximate surface area is 118 Å². The van der Waals surface area contributed by atoms with Crippen molar-refractivity contribution in [1.29, 1.82) is 0 Å². The highest BCUT2D eigenvalue weighted by Gasteiger charge is 2.16. The molecule has 1 N–H and O–H groups in total. The maximum Gasteiger partial charge on any atom is 0.194 e. The van der Waals surface area contributed by atoms with Crippen LogP contribution >= 0.6 is 11.3 Å². The lowest BCUT2D eigenvalue weighted by atomic mass is 10.2. The topological polar surface area (TPSA) is 34.2 Å². The van der Waals surface area contributed by atoms with E-state index in [2.05, 4.69) is 10.3 Å². The van der Waals surface area contributed by atoms with Crippen molar-refractivity contribution in [3.63, 3.8) is 0 Å². The van der Waals surface area contributed by atoms with Crippen LogP contribution in [-0.4, -0.2) is 19.1 Å². The quantitative estimate of drug-likeness (QED) is 0.862. The Bertz CT molecular complexity index is 569. The summed E-state index contributed by atoms with van der Waals surface area (Å²) in [6.45, 7) is 0.877. The van der Waals surface area contributed by atoms with Crippen molar-refractivity contribution in [2.24, 2.45) is 0 Å². The molecule has 0 bridgehead atoms. The molecule has 7 heteroatoms. The van der Waals surface area contributed by atoms with Crippen molar-refractivity contribution in [1.82, 2.24) is 10.3 Å². The molecule has 0 atom stereocenters. The first-order chi connectivity index (χ1) is 9.56. The molecule has 1 aromatic carbocycles. The molecule has 0 saturated heterocycles. The minimum Gasteiger partial charge on any atom is -0.378 e. The van der Waals surface area contributed by atoms with E-state index in [1.165, 1.54) is 11.3 Å². The normalized spacial score (nSPS) is 11.1. The number of aromatic nitrogens is 1. The first kappa shape index (κ1) is 15.0. The summed E-state index contributed by atoms with van der Waals surface area (Å²) < 4.78 is 44.5. The predicted octanol–water partition coefficient (Wildman–Crippen LogP) is 3.09. The van der Waals surface area contributed by atoms with Crippen LogP contribution < -0.4 is 5.32 Å². The molecule has 1 heterocycles. The van der Waals surface area contributed by atoms with Crippen LogP contribution in [0.5, 0.6) is 0 Å². The van der Waals surface area contributed by atoms with E-state index >= 15 is 0 Å². The number of halogens is 3. The maximum absolute atomic E-state index is 13.3. The lowest BCUT2D eigenvalue weighted by Crippen LogP contribution is -2.06. The van der Waals surface area contributed by atoms with Gasteiger partial charge in [0.2, 0.25) is 0 Å². The Morgan fingerprint density at radius 1 is 1.25 bits per heavy atom. The largest absolute Gasteiger partial charge is 0.378 e. The molecule has 20 heavy (non-hydrogen) atoms. The Morgan fingerprint density at radius 3 is 2.45 bits per heavy atom. The summed E-state index contributed by atoms with van der Waals surface area (Å²) in [6, 6.07) is 1.88. The van der Waals surface area contributed by atoms with Gasteiger partial charge in [0.25, 0.3) is 0 Å². The van der Waals surface area contributed by atoms with Crippen LogP contribution in [0.25, 0.3) is 10.6 Å². The average molecular weight is 302 g/mol. The number of methoxy groups -OCH3 is 1. The number of hydrogen-bond donors (Lipinski definition) is 1. The van der Waals surface area contributed by atoms with Crippen LogP contribution in [0.2, 0.25) is 0 Å². The van der Waals surface area contributed by atoms with Crippen LogP contribution in [0.3, 0.4) is 0 Å². The number of nitrogens with one attached hydrogen (secondary N) is 1. The van der Waals surface area contributed by atoms with E-state index in [-0.39, 0.29) is 5.56 Å². The molecule has 2 aromatic rings. The Kier molecular flexibility index (Phi) is 4.74. The lowest BCUT2D eigenvalue weighted by Gasteiger charge is -1.99. The Morgan fingerprint density at radius 2 is 1.90 bits per heavy atom. The van der Waals surface area contributed by atoms with Gasteiger partial charge in [-0.25, -0.2) is 18.2 Å². The molecule has 0 fully saturated rings. The minimum absolute atomic E-state index is 0.214. The van der Waals surface area contributed by atoms with E-state index in [0.717, 1.165) is 17.0 Å². The van der Waals surface area contributed by atoms with E-state index in [1.54, 1.807) is 14.2 Å². The van der Waals surface area contributed by atoms with Gasteiger partial charge in [-0.15, -0.1) is 11.3 Å². The number of ether oxygens (including phenoxy) is 1. The van der Waals surface area contributed by atoms with Crippen molar-refractivity contribution in [2.45, 2.75) is 13.2 Å². The minimum atomic E-state index is -1.47. The fraction of sp³-hybridized carbons (Fsp3) is 0.308. The van der Waals surface area contributed by atoms with Gasteiger partial charge in [0.15, 0.2) is 17.5 Å². The third kappa shape index (κ3) is 3.00. The van der Waals surface area contributed by atoms with Crippen molar-refractivity contribution in [3.05, 3.63) is 40.2 Å². The number of thiazole rings is 1. The second-order valence-electron chi connectivity index (χ2n) is 4.11. The Hall–Kier alpha value is -1.44. The number of benzene rings is 1. The molecule has 2 rings (SSSR count). The fourth-order valence-electron chi connectivity index (χ4n) is 1.73. The molecular formula is C13H13F3N2OS. The van der Waals surface area contributed by atoms with E-state index in [1.807, 2.05) is 0 Å². The van der Waals surface area contributed by atoms with E-state index < -0.39 is 17.5 Å². The van der Waals surface area contributed by atoms with Gasteiger partial charge in [-0.2, -0.15) is 0 Å². The number of nitrogens with zero attached hydrogens (tertiary/aromatic N) is 1. The number of rotatable bonds is 5. The highest BCUT2D eigenvalue weighted by atomic mass is 32.1. The van der Waals surface area contributed by atoms with Crippen LogP contribution in [-0.2, 0) is 17.9 Å². The lowest BCUT2D eigenvalue weighted by molar-refractivity contribution is 0.181. The maximum atomic E-state index is 13.3. The van der Waals surface area contributed by atoms with Crippen molar-refractivity contribution in [2.75, 3.05) is 14.2 Å². The van der Waals surface area contributed by atoms with Crippen molar-refractivity contribution in [3.8, 4) is 10.6 Å². The zero-order valence-corrected chi connectivity index (χ0v) is 11.8. The second kappa shape index (κ2) is 6.34. The van der Waals surface area contributed by atoms with Crippen LogP contribution in [0.15, 0.2) is 12.1 Å². The highest BCUT2D eigenvalue weighted by Crippen LogP contribution is 2.30. The molecule has 0 aliphatic carbocycles. The average Bonchev–Trinajstić information content (AvgIpc) is 2.80. The van der Waals surface area contributed by atoms with Crippen LogP contribution in [0.1, 0.15) is 10.6 Å². The van der Waals surface area contributed by atoms with Crippen LogP contribution in [0.4, 0.5) is 13.2 Å². The SMILES string of the molecule is CNCc1sc(-c2cc(F)c(F)c(F)c2)nc1COC. The third-order valence-electron chi connectivity index (χ3n) is 2.63. The molecule has 0 aliphatic heterocycles. The first-order valence-electron chi connectivity index (χ1n) is 5.83. The van der Waals surface area contributed by atoms with Gasteiger partial charge in [-0.05, 0) is 19.2 Å². The molecule has 0 saturated carbocycles. The molecule has 0 amide bonds. The predicted molar refractivity (Wildman–Crippen MR) is 70.9 cm³/mol. The fourth-order valence-corrected chi connectivity index (χ4v) is 2.80. The van der Waals surface area contributed by atoms with Gasteiger partial charge in [-0.3, -0.25) is 0 Å². The van der Waals surface area contributed by atoms with Crippen LogP contribution in [0, 0.1) is 17.5 Å². The summed E-state index contributed by atoms with van der Waals surface area (Å²) in [5, 5.41) is 3.42. The van der Waals surface area contributed by atoms with E-state index in [9.17, 15) is 13.2 Å². The molecular weight excluding hydrogens is 289 g/mol. The van der Waals surface area contributed by atoms with Gasteiger partial charge < -0.3 is 10.1 Å². The molecule has 3 nitrogen and oxygen atoms in total. The van der Waals surface area contributed by atoms with Gasteiger partial charge in [0.05, 0.1) is 12.3 Å². The smallest absolute Gasteiger partial charge is 0.194 e. The summed E-state index contributed by atoms with van der Waals surface area (Å²) in [6.07, 6.45) is 0. The molecule has 1 aromatic heterocycles. The summed E-state index contributed by atoms with van der Waals surface area (Å²) in [4.78, 5) is 5.21. The Balaban J connectivity index is 2.44. The zero-order chi connectivity index (χ0) is 14.7. The van der Waals surface area contributed by atoms with Gasteiger partial charge >= 0.3 is 0 Å².